The lowest BCUT2D eigenvalue weighted by atomic mass is 10.1. The minimum absolute atomic E-state index is 0.00445. The number of benzene rings is 1. The minimum atomic E-state index is -0.436. The van der Waals surface area contributed by atoms with Crippen molar-refractivity contribution in [3.05, 3.63) is 59.3 Å². The zero-order valence-electron chi connectivity index (χ0n) is 11.0. The van der Waals surface area contributed by atoms with E-state index in [1.165, 1.54) is 12.1 Å². The third-order valence-electron chi connectivity index (χ3n) is 3.02. The molecule has 20 heavy (non-hydrogen) atoms. The standard InChI is InChI=1S/C14H16FN3O2/c1-9(13-3-2-6-20-13)17-8-10-4-5-11(15)7-12(10)14(16)18-19/h2-7,9,17,19H,8H2,1H3,(H2,16,18)/t9-/m1/s1. The number of rotatable bonds is 5. The van der Waals surface area contributed by atoms with Crippen molar-refractivity contribution in [2.75, 3.05) is 0 Å². The molecule has 0 radical (unpaired) electrons. The predicted octanol–water partition coefficient (Wildman–Crippen LogP) is 2.36. The first kappa shape index (κ1) is 14.1. The Morgan fingerprint density at radius 1 is 1.50 bits per heavy atom. The number of nitrogens with one attached hydrogen (secondary N) is 1. The molecular weight excluding hydrogens is 261 g/mol. The lowest BCUT2D eigenvalue weighted by molar-refractivity contribution is 0.318. The molecule has 0 spiro atoms. The molecule has 6 heteroatoms. The Morgan fingerprint density at radius 3 is 2.95 bits per heavy atom. The van der Waals surface area contributed by atoms with Crippen LogP contribution in [-0.4, -0.2) is 11.0 Å². The van der Waals surface area contributed by atoms with Crippen LogP contribution in [0.4, 0.5) is 4.39 Å². The SMILES string of the molecule is C[C@@H](NCc1ccc(F)cc1/C(N)=N/O)c1ccco1. The van der Waals surface area contributed by atoms with Crippen molar-refractivity contribution < 1.29 is 14.0 Å². The van der Waals surface area contributed by atoms with Gasteiger partial charge in [-0.3, -0.25) is 0 Å². The molecule has 0 unspecified atom stereocenters. The monoisotopic (exact) mass is 277 g/mol. The number of nitrogens with two attached hydrogens (primary N) is 1. The molecule has 106 valence electrons. The molecule has 1 atom stereocenters. The van der Waals surface area contributed by atoms with Crippen molar-refractivity contribution in [1.29, 1.82) is 0 Å². The zero-order valence-corrected chi connectivity index (χ0v) is 11.0. The molecule has 1 aromatic heterocycles. The molecule has 0 amide bonds. The largest absolute Gasteiger partial charge is 0.468 e. The van der Waals surface area contributed by atoms with Gasteiger partial charge >= 0.3 is 0 Å². The summed E-state index contributed by atoms with van der Waals surface area (Å²) in [5, 5.41) is 14.9. The first-order valence-corrected chi connectivity index (χ1v) is 6.15. The van der Waals surface area contributed by atoms with Crippen molar-refractivity contribution in [2.24, 2.45) is 10.9 Å². The van der Waals surface area contributed by atoms with Gasteiger partial charge in [-0.25, -0.2) is 4.39 Å². The lowest BCUT2D eigenvalue weighted by Crippen LogP contribution is -2.22. The fourth-order valence-corrected chi connectivity index (χ4v) is 1.90. The van der Waals surface area contributed by atoms with Crippen LogP contribution in [-0.2, 0) is 6.54 Å². The summed E-state index contributed by atoms with van der Waals surface area (Å²) in [6.45, 7) is 2.39. The highest BCUT2D eigenvalue weighted by atomic mass is 19.1. The highest BCUT2D eigenvalue weighted by molar-refractivity contribution is 5.98. The Morgan fingerprint density at radius 2 is 2.30 bits per heavy atom. The normalized spacial score (nSPS) is 13.4. The van der Waals surface area contributed by atoms with E-state index in [9.17, 15) is 4.39 Å². The molecule has 4 N–H and O–H groups in total. The summed E-state index contributed by atoms with van der Waals surface area (Å²) >= 11 is 0. The highest BCUT2D eigenvalue weighted by Crippen LogP contribution is 2.16. The molecule has 0 aliphatic carbocycles. The van der Waals surface area contributed by atoms with Gasteiger partial charge in [0.15, 0.2) is 5.84 Å². The van der Waals surface area contributed by atoms with Crippen molar-refractivity contribution in [3.63, 3.8) is 0 Å². The summed E-state index contributed by atoms with van der Waals surface area (Å²) in [5.74, 6) is 0.249. The number of amidine groups is 1. The maximum atomic E-state index is 13.2. The quantitative estimate of drug-likeness (QED) is 0.339. The van der Waals surface area contributed by atoms with Gasteiger partial charge in [0.2, 0.25) is 0 Å². The maximum Gasteiger partial charge on any atom is 0.170 e. The second-order valence-corrected chi connectivity index (χ2v) is 4.40. The number of furan rings is 1. The summed E-state index contributed by atoms with van der Waals surface area (Å²) in [4.78, 5) is 0. The van der Waals surface area contributed by atoms with E-state index in [1.54, 1.807) is 12.3 Å². The molecular formula is C14H16FN3O2. The topological polar surface area (TPSA) is 83.8 Å². The first-order chi connectivity index (χ1) is 9.61. The van der Waals surface area contributed by atoms with Crippen LogP contribution in [0.1, 0.15) is 29.9 Å². The van der Waals surface area contributed by atoms with Crippen LogP contribution in [0.2, 0.25) is 0 Å². The van der Waals surface area contributed by atoms with Crippen LogP contribution in [0, 0.1) is 5.82 Å². The van der Waals surface area contributed by atoms with Crippen molar-refractivity contribution in [1.82, 2.24) is 5.32 Å². The van der Waals surface area contributed by atoms with E-state index >= 15 is 0 Å². The number of hydrogen-bond donors (Lipinski definition) is 3. The molecule has 2 rings (SSSR count). The molecule has 1 aromatic carbocycles. The fourth-order valence-electron chi connectivity index (χ4n) is 1.90. The van der Waals surface area contributed by atoms with E-state index in [1.807, 2.05) is 19.1 Å². The van der Waals surface area contributed by atoms with E-state index in [-0.39, 0.29) is 11.9 Å². The van der Waals surface area contributed by atoms with E-state index in [2.05, 4.69) is 10.5 Å². The highest BCUT2D eigenvalue weighted by Gasteiger charge is 2.12. The molecule has 0 saturated carbocycles. The van der Waals surface area contributed by atoms with Crippen molar-refractivity contribution in [3.8, 4) is 0 Å². The van der Waals surface area contributed by atoms with Crippen LogP contribution >= 0.6 is 0 Å². The van der Waals surface area contributed by atoms with Gasteiger partial charge in [-0.15, -0.1) is 0 Å². The van der Waals surface area contributed by atoms with Crippen LogP contribution in [0.5, 0.6) is 0 Å². The lowest BCUT2D eigenvalue weighted by Gasteiger charge is -2.13. The van der Waals surface area contributed by atoms with Crippen LogP contribution in [0.3, 0.4) is 0 Å². The Hall–Kier alpha value is -2.34. The number of oxime groups is 1. The molecule has 5 nitrogen and oxygen atoms in total. The average molecular weight is 277 g/mol. The number of halogens is 1. The van der Waals surface area contributed by atoms with Gasteiger partial charge < -0.3 is 20.7 Å². The molecule has 0 saturated heterocycles. The van der Waals surface area contributed by atoms with Crippen LogP contribution in [0.15, 0.2) is 46.2 Å². The summed E-state index contributed by atoms with van der Waals surface area (Å²) in [6.07, 6.45) is 1.60. The number of hydrogen-bond acceptors (Lipinski definition) is 4. The van der Waals surface area contributed by atoms with Crippen molar-refractivity contribution >= 4 is 5.84 Å². The molecule has 1 heterocycles. The van der Waals surface area contributed by atoms with Crippen LogP contribution < -0.4 is 11.1 Å². The second-order valence-electron chi connectivity index (χ2n) is 4.40. The Kier molecular flexibility index (Phi) is 4.37. The second kappa shape index (κ2) is 6.21. The third kappa shape index (κ3) is 3.16. The molecule has 0 aliphatic rings. The Balaban J connectivity index is 2.13. The van der Waals surface area contributed by atoms with E-state index in [0.717, 1.165) is 11.3 Å². The summed E-state index contributed by atoms with van der Waals surface area (Å²) in [7, 11) is 0. The predicted molar refractivity (Wildman–Crippen MR) is 72.9 cm³/mol. The summed E-state index contributed by atoms with van der Waals surface area (Å²) in [6, 6.07) is 7.85. The summed E-state index contributed by atoms with van der Waals surface area (Å²) < 4.78 is 18.5. The van der Waals surface area contributed by atoms with Gasteiger partial charge in [0.25, 0.3) is 0 Å². The minimum Gasteiger partial charge on any atom is -0.468 e. The first-order valence-electron chi connectivity index (χ1n) is 6.15. The third-order valence-corrected chi connectivity index (χ3v) is 3.02. The molecule has 0 aliphatic heterocycles. The van der Waals surface area contributed by atoms with E-state index < -0.39 is 5.82 Å². The van der Waals surface area contributed by atoms with Gasteiger partial charge in [-0.05, 0) is 36.8 Å². The fraction of sp³-hybridized carbons (Fsp3) is 0.214. The molecule has 2 aromatic rings. The molecule has 0 bridgehead atoms. The maximum absolute atomic E-state index is 13.2. The summed E-state index contributed by atoms with van der Waals surface area (Å²) in [5.41, 5.74) is 6.66. The van der Waals surface area contributed by atoms with Gasteiger partial charge in [0, 0.05) is 12.1 Å². The van der Waals surface area contributed by atoms with Gasteiger partial charge in [-0.1, -0.05) is 11.2 Å². The van der Waals surface area contributed by atoms with Gasteiger partial charge in [0.05, 0.1) is 12.3 Å². The Labute approximate surface area is 115 Å². The van der Waals surface area contributed by atoms with Gasteiger partial charge in [0.1, 0.15) is 11.6 Å². The van der Waals surface area contributed by atoms with Gasteiger partial charge in [-0.2, -0.15) is 0 Å². The van der Waals surface area contributed by atoms with Crippen molar-refractivity contribution in [2.45, 2.75) is 19.5 Å². The van der Waals surface area contributed by atoms with E-state index in [0.29, 0.717) is 12.1 Å². The van der Waals surface area contributed by atoms with E-state index in [4.69, 9.17) is 15.4 Å². The zero-order chi connectivity index (χ0) is 14.5. The molecule has 0 fully saturated rings. The number of nitrogens with zero attached hydrogens (tertiary/aromatic N) is 1. The average Bonchev–Trinajstić information content (AvgIpc) is 2.99. The smallest absolute Gasteiger partial charge is 0.170 e. The Bertz CT molecular complexity index is 596. The van der Waals surface area contributed by atoms with Crippen LogP contribution in [0.25, 0.3) is 0 Å².